The van der Waals surface area contributed by atoms with E-state index in [4.69, 9.17) is 11.5 Å². The molecule has 7 heteroatoms. The molecule has 1 aromatic rings. The zero-order chi connectivity index (χ0) is 14.0. The van der Waals surface area contributed by atoms with E-state index in [0.29, 0.717) is 11.9 Å². The molecular weight excluding hydrogens is 246 g/mol. The number of anilines is 2. The number of nitrogens with two attached hydrogens (primary N) is 2. The first-order valence-corrected chi connectivity index (χ1v) is 6.09. The molecule has 7 nitrogen and oxygen atoms in total. The number of pyridine rings is 1. The molecule has 2 amide bonds. The van der Waals surface area contributed by atoms with Gasteiger partial charge >= 0.3 is 0 Å². The van der Waals surface area contributed by atoms with E-state index in [2.05, 4.69) is 15.6 Å². The molecule has 2 rings (SSSR count). The predicted molar refractivity (Wildman–Crippen MR) is 71.4 cm³/mol. The normalized spacial score (nSPS) is 15.6. The summed E-state index contributed by atoms with van der Waals surface area (Å²) < 4.78 is 0. The molecule has 19 heavy (non-hydrogen) atoms. The third kappa shape index (κ3) is 3.34. The molecule has 1 saturated carbocycles. The van der Waals surface area contributed by atoms with Gasteiger partial charge < -0.3 is 22.1 Å². The van der Waals surface area contributed by atoms with Gasteiger partial charge in [0.15, 0.2) is 0 Å². The van der Waals surface area contributed by atoms with E-state index in [-0.39, 0.29) is 17.2 Å². The maximum Gasteiger partial charge on any atom is 0.250 e. The molecule has 0 aromatic carbocycles. The Kier molecular flexibility index (Phi) is 3.55. The number of primary amides is 1. The summed E-state index contributed by atoms with van der Waals surface area (Å²) in [6.07, 6.45) is 3.41. The van der Waals surface area contributed by atoms with Gasteiger partial charge in [-0.3, -0.25) is 9.59 Å². The first kappa shape index (κ1) is 13.1. The molecule has 1 aliphatic carbocycles. The smallest absolute Gasteiger partial charge is 0.250 e. The Morgan fingerprint density at radius 1 is 1.47 bits per heavy atom. The van der Waals surface area contributed by atoms with Gasteiger partial charge in [0.25, 0.3) is 5.91 Å². The summed E-state index contributed by atoms with van der Waals surface area (Å²) in [7, 11) is 0. The number of nitrogens with zero attached hydrogens (tertiary/aromatic N) is 1. The number of aromatic nitrogens is 1. The number of amides is 2. The van der Waals surface area contributed by atoms with Crippen LogP contribution >= 0.6 is 0 Å². The maximum absolute atomic E-state index is 11.8. The lowest BCUT2D eigenvalue weighted by Crippen LogP contribution is -2.38. The molecule has 1 aromatic heterocycles. The highest BCUT2D eigenvalue weighted by atomic mass is 16.2. The van der Waals surface area contributed by atoms with Gasteiger partial charge in [0.05, 0.1) is 17.4 Å². The van der Waals surface area contributed by atoms with Gasteiger partial charge in [0, 0.05) is 6.04 Å². The minimum absolute atomic E-state index is 0.0956. The Labute approximate surface area is 110 Å². The Morgan fingerprint density at radius 3 is 2.74 bits per heavy atom. The molecule has 1 heterocycles. The molecular formula is C12H17N5O2. The molecule has 0 spiro atoms. The maximum atomic E-state index is 11.8. The van der Waals surface area contributed by atoms with Crippen LogP contribution in [0.1, 0.15) is 30.1 Å². The zero-order valence-corrected chi connectivity index (χ0v) is 10.6. The number of carbonyl (C=O) groups is 2. The average molecular weight is 263 g/mol. The van der Waals surface area contributed by atoms with Crippen LogP contribution in [0.25, 0.3) is 0 Å². The second-order valence-electron chi connectivity index (χ2n) is 4.67. The SMILES string of the molecule is CC(Nc1cc(C(N)=O)c(N)cn1)C(=O)NC1CC1. The van der Waals surface area contributed by atoms with Crippen LogP contribution in [-0.2, 0) is 4.79 Å². The fourth-order valence-corrected chi connectivity index (χ4v) is 1.60. The largest absolute Gasteiger partial charge is 0.397 e. The van der Waals surface area contributed by atoms with Crippen LogP contribution in [0.15, 0.2) is 12.3 Å². The van der Waals surface area contributed by atoms with Crippen LogP contribution in [0.5, 0.6) is 0 Å². The van der Waals surface area contributed by atoms with E-state index in [1.165, 1.54) is 12.3 Å². The van der Waals surface area contributed by atoms with Crippen molar-refractivity contribution in [3.05, 3.63) is 17.8 Å². The van der Waals surface area contributed by atoms with Crippen LogP contribution in [-0.4, -0.2) is 28.9 Å². The third-order valence-corrected chi connectivity index (χ3v) is 2.88. The zero-order valence-electron chi connectivity index (χ0n) is 10.6. The lowest BCUT2D eigenvalue weighted by molar-refractivity contribution is -0.121. The van der Waals surface area contributed by atoms with E-state index in [1.54, 1.807) is 6.92 Å². The summed E-state index contributed by atoms with van der Waals surface area (Å²) in [5.74, 6) is -0.332. The molecule has 1 aliphatic rings. The summed E-state index contributed by atoms with van der Waals surface area (Å²) >= 11 is 0. The fourth-order valence-electron chi connectivity index (χ4n) is 1.60. The first-order valence-electron chi connectivity index (χ1n) is 6.09. The van der Waals surface area contributed by atoms with Crippen molar-refractivity contribution >= 4 is 23.3 Å². The molecule has 1 fully saturated rings. The van der Waals surface area contributed by atoms with E-state index < -0.39 is 11.9 Å². The van der Waals surface area contributed by atoms with Crippen molar-refractivity contribution in [3.8, 4) is 0 Å². The van der Waals surface area contributed by atoms with E-state index in [1.807, 2.05) is 0 Å². The number of hydrogen-bond acceptors (Lipinski definition) is 5. The van der Waals surface area contributed by atoms with Crippen LogP contribution in [0, 0.1) is 0 Å². The molecule has 1 atom stereocenters. The number of hydrogen-bond donors (Lipinski definition) is 4. The summed E-state index contributed by atoms with van der Waals surface area (Å²) in [6.45, 7) is 1.72. The van der Waals surface area contributed by atoms with Gasteiger partial charge in [-0.25, -0.2) is 4.98 Å². The molecule has 0 bridgehead atoms. The number of rotatable bonds is 5. The minimum atomic E-state index is -0.627. The van der Waals surface area contributed by atoms with Gasteiger partial charge in [-0.2, -0.15) is 0 Å². The van der Waals surface area contributed by atoms with Crippen molar-refractivity contribution in [2.75, 3.05) is 11.1 Å². The van der Waals surface area contributed by atoms with Crippen LogP contribution in [0.3, 0.4) is 0 Å². The topological polar surface area (TPSA) is 123 Å². The number of nitrogens with one attached hydrogen (secondary N) is 2. The minimum Gasteiger partial charge on any atom is -0.397 e. The van der Waals surface area contributed by atoms with Gasteiger partial charge in [0.1, 0.15) is 11.9 Å². The van der Waals surface area contributed by atoms with Gasteiger partial charge in [0.2, 0.25) is 5.91 Å². The monoisotopic (exact) mass is 263 g/mol. The highest BCUT2D eigenvalue weighted by molar-refractivity contribution is 5.98. The van der Waals surface area contributed by atoms with Crippen LogP contribution in [0.2, 0.25) is 0 Å². The Morgan fingerprint density at radius 2 is 2.16 bits per heavy atom. The number of nitrogen functional groups attached to an aromatic ring is 1. The van der Waals surface area contributed by atoms with Crippen molar-refractivity contribution < 1.29 is 9.59 Å². The van der Waals surface area contributed by atoms with E-state index in [9.17, 15) is 9.59 Å². The first-order chi connectivity index (χ1) is 8.97. The molecule has 0 saturated heterocycles. The quantitative estimate of drug-likeness (QED) is 0.588. The van der Waals surface area contributed by atoms with Crippen LogP contribution < -0.4 is 22.1 Å². The highest BCUT2D eigenvalue weighted by Gasteiger charge is 2.25. The highest BCUT2D eigenvalue weighted by Crippen LogP contribution is 2.19. The molecule has 1 unspecified atom stereocenters. The fraction of sp³-hybridized carbons (Fsp3) is 0.417. The van der Waals surface area contributed by atoms with Crippen molar-refractivity contribution in [2.24, 2.45) is 5.73 Å². The Bertz CT molecular complexity index is 513. The lowest BCUT2D eigenvalue weighted by atomic mass is 10.2. The standard InChI is InChI=1S/C12H17N5O2/c1-6(12(19)17-7-2-3-7)16-10-4-8(11(14)18)9(13)5-15-10/h4-7H,2-3,13H2,1H3,(H2,14,18)(H,15,16)(H,17,19). The Balaban J connectivity index is 2.03. The van der Waals surface area contributed by atoms with Crippen molar-refractivity contribution in [3.63, 3.8) is 0 Å². The summed E-state index contributed by atoms with van der Waals surface area (Å²) in [6, 6.07) is 1.30. The third-order valence-electron chi connectivity index (χ3n) is 2.88. The molecule has 0 aliphatic heterocycles. The predicted octanol–water partition coefficient (Wildman–Crippen LogP) is -0.158. The summed E-state index contributed by atoms with van der Waals surface area (Å²) in [5, 5.41) is 5.79. The van der Waals surface area contributed by atoms with Crippen LogP contribution in [0.4, 0.5) is 11.5 Å². The van der Waals surface area contributed by atoms with Gasteiger partial charge in [-0.05, 0) is 25.8 Å². The summed E-state index contributed by atoms with van der Waals surface area (Å²) in [5.41, 5.74) is 11.2. The van der Waals surface area contributed by atoms with E-state index >= 15 is 0 Å². The second kappa shape index (κ2) is 5.13. The molecule has 6 N–H and O–H groups in total. The van der Waals surface area contributed by atoms with Crippen molar-refractivity contribution in [1.82, 2.24) is 10.3 Å². The average Bonchev–Trinajstić information content (AvgIpc) is 3.15. The van der Waals surface area contributed by atoms with Gasteiger partial charge in [-0.15, -0.1) is 0 Å². The van der Waals surface area contributed by atoms with Crippen molar-refractivity contribution in [2.45, 2.75) is 31.8 Å². The summed E-state index contributed by atoms with van der Waals surface area (Å²) in [4.78, 5) is 26.9. The molecule has 102 valence electrons. The Hall–Kier alpha value is -2.31. The van der Waals surface area contributed by atoms with Crippen molar-refractivity contribution in [1.29, 1.82) is 0 Å². The van der Waals surface area contributed by atoms with E-state index in [0.717, 1.165) is 12.8 Å². The lowest BCUT2D eigenvalue weighted by Gasteiger charge is -2.15. The van der Waals surface area contributed by atoms with Gasteiger partial charge in [-0.1, -0.05) is 0 Å². The number of carbonyl (C=O) groups excluding carboxylic acids is 2. The second-order valence-corrected chi connectivity index (χ2v) is 4.67. The molecule has 0 radical (unpaired) electrons.